The summed E-state index contributed by atoms with van der Waals surface area (Å²) in [7, 11) is -4.20. The fourth-order valence-corrected chi connectivity index (χ4v) is 6.02. The Morgan fingerprint density at radius 3 is 2.26 bits per heavy atom. The van der Waals surface area contributed by atoms with Gasteiger partial charge in [0.1, 0.15) is 5.75 Å². The van der Waals surface area contributed by atoms with Crippen molar-refractivity contribution in [1.29, 1.82) is 5.26 Å². The molecule has 6 nitrogen and oxygen atoms in total. The molecule has 2 aliphatic rings. The molecule has 3 atom stereocenters. The third-order valence-corrected chi connectivity index (χ3v) is 7.24. The highest BCUT2D eigenvalue weighted by Crippen LogP contribution is 2.50. The maximum absolute atomic E-state index is 12.5. The zero-order valence-electron chi connectivity index (χ0n) is 16.9. The molecule has 0 aliphatic carbocycles. The smallest absolute Gasteiger partial charge is 0.404 e. The summed E-state index contributed by atoms with van der Waals surface area (Å²) < 4.78 is 23.4. The number of anilines is 1. The van der Waals surface area contributed by atoms with E-state index >= 15 is 0 Å². The maximum atomic E-state index is 12.5. The second kappa shape index (κ2) is 8.01. The highest BCUT2D eigenvalue weighted by Gasteiger charge is 2.44. The predicted octanol–water partition coefficient (Wildman–Crippen LogP) is 5.41. The molecule has 1 N–H and O–H groups in total. The van der Waals surface area contributed by atoms with Crippen molar-refractivity contribution in [3.05, 3.63) is 72.3 Å². The van der Waals surface area contributed by atoms with Gasteiger partial charge < -0.3 is 9.42 Å². The van der Waals surface area contributed by atoms with E-state index in [0.29, 0.717) is 24.2 Å². The SMILES string of the molecule is N#Cc1ccc(N2C3CCC2CC(OP(=O)(O)Oc2ccccc2)C3)c2ccccc12. The molecule has 3 unspecified atom stereocenters. The van der Waals surface area contributed by atoms with Crippen LogP contribution in [0.4, 0.5) is 5.69 Å². The fraction of sp³-hybridized carbons (Fsp3) is 0.292. The molecule has 2 aliphatic heterocycles. The van der Waals surface area contributed by atoms with Crippen molar-refractivity contribution in [1.82, 2.24) is 0 Å². The van der Waals surface area contributed by atoms with Gasteiger partial charge in [0.05, 0.1) is 17.7 Å². The van der Waals surface area contributed by atoms with Crippen LogP contribution in [-0.2, 0) is 9.09 Å². The third kappa shape index (κ3) is 3.93. The van der Waals surface area contributed by atoms with E-state index in [1.807, 2.05) is 36.4 Å². The molecule has 3 aromatic rings. The number of fused-ring (bicyclic) bond motifs is 3. The Morgan fingerprint density at radius 2 is 1.58 bits per heavy atom. The Hall–Kier alpha value is -2.84. The lowest BCUT2D eigenvalue weighted by Crippen LogP contribution is -2.45. The van der Waals surface area contributed by atoms with E-state index in [4.69, 9.17) is 9.05 Å². The van der Waals surface area contributed by atoms with Gasteiger partial charge in [0.2, 0.25) is 0 Å². The normalized spacial score (nSPS) is 24.5. The number of hydrogen-bond acceptors (Lipinski definition) is 5. The molecule has 7 heteroatoms. The van der Waals surface area contributed by atoms with Gasteiger partial charge in [-0.1, -0.05) is 42.5 Å². The average Bonchev–Trinajstić information content (AvgIpc) is 3.03. The van der Waals surface area contributed by atoms with Crippen molar-refractivity contribution in [2.45, 2.75) is 43.9 Å². The minimum absolute atomic E-state index is 0.219. The van der Waals surface area contributed by atoms with Crippen LogP contribution in [0.1, 0.15) is 31.2 Å². The van der Waals surface area contributed by atoms with Gasteiger partial charge in [0.15, 0.2) is 0 Å². The lowest BCUT2D eigenvalue weighted by atomic mass is 9.96. The van der Waals surface area contributed by atoms with Gasteiger partial charge in [-0.05, 0) is 49.9 Å². The van der Waals surface area contributed by atoms with Crippen LogP contribution in [0.3, 0.4) is 0 Å². The summed E-state index contributed by atoms with van der Waals surface area (Å²) in [6, 6.07) is 23.2. The summed E-state index contributed by atoms with van der Waals surface area (Å²) in [5.41, 5.74) is 1.79. The number of hydrogen-bond donors (Lipinski definition) is 1. The lowest BCUT2D eigenvalue weighted by Gasteiger charge is -2.41. The first-order valence-corrected chi connectivity index (χ1v) is 12.0. The van der Waals surface area contributed by atoms with E-state index in [2.05, 4.69) is 17.0 Å². The Kier molecular flexibility index (Phi) is 5.19. The highest BCUT2D eigenvalue weighted by atomic mass is 31.2. The molecule has 0 amide bonds. The van der Waals surface area contributed by atoms with Crippen LogP contribution in [0.25, 0.3) is 10.8 Å². The van der Waals surface area contributed by atoms with Gasteiger partial charge in [0.25, 0.3) is 0 Å². The predicted molar refractivity (Wildman–Crippen MR) is 119 cm³/mol. The van der Waals surface area contributed by atoms with Crippen LogP contribution in [0.5, 0.6) is 5.75 Å². The van der Waals surface area contributed by atoms with E-state index in [0.717, 1.165) is 29.3 Å². The van der Waals surface area contributed by atoms with Gasteiger partial charge in [-0.15, -0.1) is 0 Å². The van der Waals surface area contributed by atoms with Gasteiger partial charge in [0, 0.05) is 28.5 Å². The second-order valence-electron chi connectivity index (χ2n) is 8.15. The van der Waals surface area contributed by atoms with Gasteiger partial charge in [-0.3, -0.25) is 9.42 Å². The van der Waals surface area contributed by atoms with Crippen LogP contribution in [0.2, 0.25) is 0 Å². The highest BCUT2D eigenvalue weighted by molar-refractivity contribution is 7.47. The number of piperidine rings is 1. The minimum atomic E-state index is -4.20. The fourth-order valence-electron chi connectivity index (χ4n) is 5.04. The maximum Gasteiger partial charge on any atom is 0.527 e. The van der Waals surface area contributed by atoms with E-state index in [-0.39, 0.29) is 18.2 Å². The summed E-state index contributed by atoms with van der Waals surface area (Å²) in [6.45, 7) is 0. The first-order chi connectivity index (χ1) is 15.0. The summed E-state index contributed by atoms with van der Waals surface area (Å²) in [5.74, 6) is 0.317. The molecular formula is C24H23N2O4P. The number of phosphoric acid groups is 1. The summed E-state index contributed by atoms with van der Waals surface area (Å²) >= 11 is 0. The zero-order chi connectivity index (χ0) is 21.4. The van der Waals surface area contributed by atoms with E-state index in [1.165, 1.54) is 0 Å². The van der Waals surface area contributed by atoms with Crippen molar-refractivity contribution in [3.63, 3.8) is 0 Å². The monoisotopic (exact) mass is 434 g/mol. The van der Waals surface area contributed by atoms with E-state index in [9.17, 15) is 14.7 Å². The summed E-state index contributed by atoms with van der Waals surface area (Å²) in [6.07, 6.45) is 3.00. The standard InChI is InChI=1S/C24H23N2O4P/c25-16-17-10-13-24(23-9-5-4-8-22(17)23)26-18-11-12-19(26)15-21(14-18)30-31(27,28)29-20-6-2-1-3-7-20/h1-10,13,18-19,21H,11-12,14-15H2,(H,27,28). The Labute approximate surface area is 181 Å². The van der Waals surface area contributed by atoms with Crippen molar-refractivity contribution < 1.29 is 18.5 Å². The van der Waals surface area contributed by atoms with Gasteiger partial charge >= 0.3 is 7.82 Å². The molecule has 2 fully saturated rings. The van der Waals surface area contributed by atoms with Crippen LogP contribution in [0.15, 0.2) is 66.7 Å². The number of para-hydroxylation sites is 1. The topological polar surface area (TPSA) is 82.8 Å². The van der Waals surface area contributed by atoms with Crippen LogP contribution >= 0.6 is 7.82 Å². The number of benzene rings is 3. The van der Waals surface area contributed by atoms with Crippen molar-refractivity contribution in [2.24, 2.45) is 0 Å². The molecule has 5 rings (SSSR count). The van der Waals surface area contributed by atoms with Crippen molar-refractivity contribution >= 4 is 24.3 Å². The molecule has 0 saturated carbocycles. The molecule has 3 aromatic carbocycles. The molecule has 158 valence electrons. The van der Waals surface area contributed by atoms with Crippen molar-refractivity contribution in [2.75, 3.05) is 4.90 Å². The third-order valence-electron chi connectivity index (χ3n) is 6.24. The molecule has 0 aromatic heterocycles. The average molecular weight is 434 g/mol. The van der Waals surface area contributed by atoms with Gasteiger partial charge in [-0.2, -0.15) is 5.26 Å². The van der Waals surface area contributed by atoms with E-state index < -0.39 is 7.82 Å². The molecule has 2 saturated heterocycles. The molecular weight excluding hydrogens is 411 g/mol. The second-order valence-corrected chi connectivity index (χ2v) is 9.48. The zero-order valence-corrected chi connectivity index (χ0v) is 17.8. The van der Waals surface area contributed by atoms with Crippen LogP contribution in [0, 0.1) is 11.3 Å². The largest absolute Gasteiger partial charge is 0.527 e. The van der Waals surface area contributed by atoms with Crippen LogP contribution < -0.4 is 9.42 Å². The minimum Gasteiger partial charge on any atom is -0.404 e. The van der Waals surface area contributed by atoms with Crippen molar-refractivity contribution in [3.8, 4) is 11.8 Å². The Morgan fingerprint density at radius 1 is 0.935 bits per heavy atom. The first kappa shape index (κ1) is 20.1. The van der Waals surface area contributed by atoms with Crippen LogP contribution in [-0.4, -0.2) is 23.1 Å². The molecule has 0 radical (unpaired) electrons. The lowest BCUT2D eigenvalue weighted by molar-refractivity contribution is 0.105. The molecule has 0 spiro atoms. The first-order valence-electron chi connectivity index (χ1n) is 10.5. The quantitative estimate of drug-likeness (QED) is 0.541. The number of rotatable bonds is 5. The summed E-state index contributed by atoms with van der Waals surface area (Å²) in [5, 5.41) is 11.5. The molecule has 2 bridgehead atoms. The Bertz CT molecular complexity index is 1180. The number of phosphoric ester groups is 1. The number of nitrogens with zero attached hydrogens (tertiary/aromatic N) is 2. The van der Waals surface area contributed by atoms with Gasteiger partial charge in [-0.25, -0.2) is 4.57 Å². The Balaban J connectivity index is 1.36. The molecule has 31 heavy (non-hydrogen) atoms. The summed E-state index contributed by atoms with van der Waals surface area (Å²) in [4.78, 5) is 12.7. The number of nitriles is 1. The van der Waals surface area contributed by atoms with E-state index in [1.54, 1.807) is 24.3 Å². The molecule has 2 heterocycles.